The Labute approximate surface area is 225 Å². The van der Waals surface area contributed by atoms with Crippen LogP contribution in [0.15, 0.2) is 54.6 Å². The van der Waals surface area contributed by atoms with Crippen LogP contribution in [0, 0.1) is 0 Å². The Kier molecular flexibility index (Phi) is 7.78. The van der Waals surface area contributed by atoms with Crippen molar-refractivity contribution in [1.82, 2.24) is 20.0 Å². The third-order valence-electron chi connectivity index (χ3n) is 7.29. The summed E-state index contributed by atoms with van der Waals surface area (Å²) in [5.41, 5.74) is 1.20. The zero-order chi connectivity index (χ0) is 28.5. The second kappa shape index (κ2) is 11.1. The number of morpholine rings is 1. The molecule has 0 bridgehead atoms. The lowest BCUT2D eigenvalue weighted by molar-refractivity contribution is -0.274. The number of alkyl halides is 6. The summed E-state index contributed by atoms with van der Waals surface area (Å²) in [4.78, 5) is 16.1. The lowest BCUT2D eigenvalue weighted by Gasteiger charge is -2.49. The van der Waals surface area contributed by atoms with Crippen molar-refractivity contribution in [3.05, 3.63) is 71.4 Å². The van der Waals surface area contributed by atoms with Crippen LogP contribution in [-0.4, -0.2) is 71.8 Å². The first kappa shape index (κ1) is 28.0. The van der Waals surface area contributed by atoms with Crippen LogP contribution >= 0.6 is 0 Å². The minimum atomic E-state index is -4.82. The van der Waals surface area contributed by atoms with Crippen LogP contribution in [0.3, 0.4) is 0 Å². The van der Waals surface area contributed by atoms with Crippen LogP contribution < -0.4 is 4.74 Å². The van der Waals surface area contributed by atoms with Gasteiger partial charge in [-0.05, 0) is 42.3 Å². The van der Waals surface area contributed by atoms with Gasteiger partial charge >= 0.3 is 12.5 Å². The summed E-state index contributed by atoms with van der Waals surface area (Å²) in [5.74, 6) is -0.897. The zero-order valence-electron chi connectivity index (χ0n) is 21.1. The van der Waals surface area contributed by atoms with E-state index in [-0.39, 0.29) is 23.8 Å². The Morgan fingerprint density at radius 1 is 1.00 bits per heavy atom. The van der Waals surface area contributed by atoms with Crippen molar-refractivity contribution < 1.29 is 40.6 Å². The van der Waals surface area contributed by atoms with Gasteiger partial charge in [-0.1, -0.05) is 24.3 Å². The molecule has 2 fully saturated rings. The maximum Gasteiger partial charge on any atom is 0.573 e. The summed E-state index contributed by atoms with van der Waals surface area (Å²) in [5, 5.41) is 7.16. The first-order valence-electron chi connectivity index (χ1n) is 12.6. The monoisotopic (exact) mass is 568 g/mol. The van der Waals surface area contributed by atoms with E-state index in [1.54, 1.807) is 23.1 Å². The molecule has 40 heavy (non-hydrogen) atoms. The first-order valence-corrected chi connectivity index (χ1v) is 12.6. The fourth-order valence-electron chi connectivity index (χ4n) is 5.51. The molecule has 13 heteroatoms. The molecule has 5 rings (SSSR count). The zero-order valence-corrected chi connectivity index (χ0v) is 21.1. The largest absolute Gasteiger partial charge is 0.573 e. The first-order chi connectivity index (χ1) is 19.0. The Morgan fingerprint density at radius 3 is 2.38 bits per heavy atom. The number of likely N-dealkylation sites (tertiary alicyclic amines) is 1. The van der Waals surface area contributed by atoms with Gasteiger partial charge in [0, 0.05) is 42.7 Å². The summed E-state index contributed by atoms with van der Waals surface area (Å²) in [6.45, 7) is 2.45. The van der Waals surface area contributed by atoms with E-state index in [0.29, 0.717) is 56.2 Å². The number of amides is 1. The summed E-state index contributed by atoms with van der Waals surface area (Å²) in [7, 11) is 0. The van der Waals surface area contributed by atoms with Gasteiger partial charge < -0.3 is 14.4 Å². The van der Waals surface area contributed by atoms with Crippen molar-refractivity contribution in [2.24, 2.45) is 0 Å². The number of rotatable bonds is 6. The molecule has 214 valence electrons. The SMILES string of the molecule is O=CN1CC(c2cc(-c3cccc(C(F)(F)F)c3)n[nH]2)CC(c2ccc(OC(F)(F)F)cc2)C1N1CCOCC1. The Hall–Kier alpha value is -3.58. The number of benzene rings is 2. The molecule has 1 aromatic heterocycles. The van der Waals surface area contributed by atoms with Crippen LogP contribution in [0.25, 0.3) is 11.3 Å². The fraction of sp³-hybridized carbons (Fsp3) is 0.407. The number of ether oxygens (including phenoxy) is 2. The van der Waals surface area contributed by atoms with Crippen molar-refractivity contribution in [3.8, 4) is 17.0 Å². The number of piperidine rings is 1. The smallest absolute Gasteiger partial charge is 0.406 e. The van der Waals surface area contributed by atoms with E-state index in [1.807, 2.05) is 0 Å². The number of aromatic nitrogens is 2. The highest BCUT2D eigenvalue weighted by molar-refractivity contribution is 5.61. The molecule has 0 saturated carbocycles. The Morgan fingerprint density at radius 2 is 1.73 bits per heavy atom. The van der Waals surface area contributed by atoms with Crippen LogP contribution in [-0.2, 0) is 15.7 Å². The fourth-order valence-corrected chi connectivity index (χ4v) is 5.51. The van der Waals surface area contributed by atoms with Crippen molar-refractivity contribution in [1.29, 1.82) is 0 Å². The van der Waals surface area contributed by atoms with Crippen LogP contribution in [0.5, 0.6) is 5.75 Å². The molecule has 7 nitrogen and oxygen atoms in total. The van der Waals surface area contributed by atoms with E-state index in [4.69, 9.17) is 4.74 Å². The van der Waals surface area contributed by atoms with E-state index >= 15 is 0 Å². The number of hydrogen-bond acceptors (Lipinski definition) is 5. The molecule has 1 amide bonds. The molecule has 0 aliphatic carbocycles. The minimum Gasteiger partial charge on any atom is -0.406 e. The molecule has 3 unspecified atom stereocenters. The van der Waals surface area contributed by atoms with Gasteiger partial charge in [0.25, 0.3) is 0 Å². The maximum absolute atomic E-state index is 13.2. The van der Waals surface area contributed by atoms with Crippen molar-refractivity contribution in [2.45, 2.75) is 37.0 Å². The quantitative estimate of drug-likeness (QED) is 0.320. The highest BCUT2D eigenvalue weighted by Gasteiger charge is 2.41. The van der Waals surface area contributed by atoms with Gasteiger partial charge in [-0.25, -0.2) is 0 Å². The summed E-state index contributed by atoms with van der Waals surface area (Å²) in [6, 6.07) is 12.2. The van der Waals surface area contributed by atoms with E-state index in [0.717, 1.165) is 24.1 Å². The van der Waals surface area contributed by atoms with E-state index in [9.17, 15) is 31.1 Å². The molecular formula is C27H26F6N4O3. The van der Waals surface area contributed by atoms with E-state index in [1.165, 1.54) is 24.3 Å². The molecule has 2 aliphatic rings. The number of hydrogen-bond donors (Lipinski definition) is 1. The molecule has 2 aliphatic heterocycles. The van der Waals surface area contributed by atoms with E-state index < -0.39 is 18.1 Å². The minimum absolute atomic E-state index is 0.259. The Balaban J connectivity index is 1.45. The third-order valence-corrected chi connectivity index (χ3v) is 7.29. The van der Waals surface area contributed by atoms with Crippen LogP contribution in [0.4, 0.5) is 26.3 Å². The molecule has 0 radical (unpaired) electrons. The van der Waals surface area contributed by atoms with Crippen molar-refractivity contribution in [2.75, 3.05) is 32.8 Å². The highest BCUT2D eigenvalue weighted by atomic mass is 19.4. The lowest BCUT2D eigenvalue weighted by atomic mass is 9.80. The number of carbonyl (C=O) groups is 1. The van der Waals surface area contributed by atoms with Gasteiger partial charge in [-0.2, -0.15) is 18.3 Å². The molecule has 3 atom stereocenters. The van der Waals surface area contributed by atoms with Gasteiger partial charge in [0.15, 0.2) is 0 Å². The molecule has 3 aromatic rings. The Bertz CT molecular complexity index is 1300. The van der Waals surface area contributed by atoms with E-state index in [2.05, 4.69) is 19.8 Å². The van der Waals surface area contributed by atoms with Gasteiger partial charge in [0.1, 0.15) is 5.75 Å². The second-order valence-electron chi connectivity index (χ2n) is 9.81. The number of aromatic amines is 1. The standard InChI is InChI=1S/C27H26F6N4O3/c28-26(29,30)20-3-1-2-18(12-20)23-14-24(35-34-23)19-13-22(17-4-6-21(7-5-17)40-27(31,32)33)25(37(15-19)16-38)36-8-10-39-11-9-36/h1-7,12,14,16,19,22,25H,8-11,13,15H2,(H,34,35). The molecule has 0 spiro atoms. The number of halogens is 6. The maximum atomic E-state index is 13.2. The average molecular weight is 569 g/mol. The van der Waals surface area contributed by atoms with Gasteiger partial charge in [-0.3, -0.25) is 14.8 Å². The molecule has 2 saturated heterocycles. The topological polar surface area (TPSA) is 70.7 Å². The average Bonchev–Trinajstić information content (AvgIpc) is 3.43. The van der Waals surface area contributed by atoms with Crippen molar-refractivity contribution in [3.63, 3.8) is 0 Å². The summed E-state index contributed by atoms with van der Waals surface area (Å²) in [6.07, 6.45) is -8.41. The number of nitrogens with zero attached hydrogens (tertiary/aromatic N) is 3. The normalized spacial score (nSPS) is 22.8. The molecule has 2 aromatic carbocycles. The van der Waals surface area contributed by atoms with Gasteiger partial charge in [0.2, 0.25) is 6.41 Å². The molecular weight excluding hydrogens is 542 g/mol. The summed E-state index contributed by atoms with van der Waals surface area (Å²) >= 11 is 0. The predicted molar refractivity (Wildman–Crippen MR) is 131 cm³/mol. The molecule has 1 N–H and O–H groups in total. The summed E-state index contributed by atoms with van der Waals surface area (Å²) < 4.78 is 87.2. The third kappa shape index (κ3) is 6.25. The predicted octanol–water partition coefficient (Wildman–Crippen LogP) is 5.38. The number of carbonyl (C=O) groups excluding carboxylic acids is 1. The number of nitrogens with one attached hydrogen (secondary N) is 1. The van der Waals surface area contributed by atoms with Gasteiger partial charge in [0.05, 0.1) is 30.6 Å². The number of H-pyrrole nitrogens is 1. The molecule has 3 heterocycles. The van der Waals surface area contributed by atoms with Crippen LogP contribution in [0.1, 0.15) is 35.1 Å². The second-order valence-corrected chi connectivity index (χ2v) is 9.81. The van der Waals surface area contributed by atoms with Crippen LogP contribution in [0.2, 0.25) is 0 Å². The van der Waals surface area contributed by atoms with Gasteiger partial charge in [-0.15, -0.1) is 13.2 Å². The van der Waals surface area contributed by atoms with Crippen molar-refractivity contribution >= 4 is 6.41 Å². The highest BCUT2D eigenvalue weighted by Crippen LogP contribution is 2.42. The lowest BCUT2D eigenvalue weighted by Crippen LogP contribution is -2.58.